The van der Waals surface area contributed by atoms with Crippen LogP contribution in [0.15, 0.2) is 103 Å². The largest absolute Gasteiger partial charge is 0.374 e. The predicted octanol–water partition coefficient (Wildman–Crippen LogP) is 4.68. The van der Waals surface area contributed by atoms with Gasteiger partial charge in [-0.2, -0.15) is 5.26 Å². The number of nitriles is 1. The van der Waals surface area contributed by atoms with Gasteiger partial charge in [-0.1, -0.05) is 91.0 Å². The molecule has 0 bridgehead atoms. The first-order chi connectivity index (χ1) is 16.7. The summed E-state index contributed by atoms with van der Waals surface area (Å²) in [6, 6.07) is 33.0. The fraction of sp³-hybridized carbons (Fsp3) is 0.241. The summed E-state index contributed by atoms with van der Waals surface area (Å²) < 4.78 is 0. The van der Waals surface area contributed by atoms with E-state index in [2.05, 4.69) is 69.7 Å². The molecule has 1 amide bonds. The quantitative estimate of drug-likeness (QED) is 0.420. The molecule has 0 aliphatic carbocycles. The third-order valence-electron chi connectivity index (χ3n) is 6.27. The molecule has 34 heavy (non-hydrogen) atoms. The first-order valence-electron chi connectivity index (χ1n) is 11.7. The van der Waals surface area contributed by atoms with E-state index in [0.717, 1.165) is 31.7 Å². The van der Waals surface area contributed by atoms with Crippen LogP contribution < -0.4 is 5.32 Å². The van der Waals surface area contributed by atoms with Crippen LogP contribution in [0.25, 0.3) is 0 Å². The van der Waals surface area contributed by atoms with Gasteiger partial charge < -0.3 is 10.2 Å². The van der Waals surface area contributed by atoms with Gasteiger partial charge in [-0.15, -0.1) is 0 Å². The van der Waals surface area contributed by atoms with E-state index in [1.807, 2.05) is 49.4 Å². The zero-order valence-corrected chi connectivity index (χ0v) is 19.5. The van der Waals surface area contributed by atoms with Gasteiger partial charge >= 0.3 is 0 Å². The molecular formula is C29H30N4O. The Morgan fingerprint density at radius 3 is 1.76 bits per heavy atom. The summed E-state index contributed by atoms with van der Waals surface area (Å²) in [5, 5.41) is 12.6. The number of rotatable bonds is 7. The molecule has 0 aromatic heterocycles. The van der Waals surface area contributed by atoms with Gasteiger partial charge in [0, 0.05) is 32.4 Å². The predicted molar refractivity (Wildman–Crippen MR) is 135 cm³/mol. The van der Waals surface area contributed by atoms with Gasteiger partial charge in [0.25, 0.3) is 5.91 Å². The third kappa shape index (κ3) is 5.72. The van der Waals surface area contributed by atoms with Gasteiger partial charge in [0.2, 0.25) is 0 Å². The number of carbonyl (C=O) groups excluding carboxylic acids is 1. The molecule has 1 fully saturated rings. The van der Waals surface area contributed by atoms with Crippen LogP contribution in [0.1, 0.15) is 35.7 Å². The number of piperazine rings is 1. The molecule has 1 saturated heterocycles. The number of hydrogen-bond acceptors (Lipinski definition) is 4. The molecule has 1 atom stereocenters. The zero-order chi connectivity index (χ0) is 23.8. The van der Waals surface area contributed by atoms with Crippen LogP contribution in [0.5, 0.6) is 0 Å². The van der Waals surface area contributed by atoms with Crippen molar-refractivity contribution in [2.24, 2.45) is 0 Å². The summed E-state index contributed by atoms with van der Waals surface area (Å²) >= 11 is 0. The molecule has 3 aromatic rings. The lowest BCUT2D eigenvalue weighted by Crippen LogP contribution is -2.46. The average Bonchev–Trinajstić information content (AvgIpc) is 2.90. The maximum Gasteiger partial charge on any atom is 0.263 e. The lowest BCUT2D eigenvalue weighted by Gasteiger charge is -2.39. The smallest absolute Gasteiger partial charge is 0.263 e. The minimum atomic E-state index is -0.340. The number of amides is 1. The van der Waals surface area contributed by atoms with Crippen molar-refractivity contribution in [1.29, 1.82) is 5.26 Å². The molecule has 3 aromatic carbocycles. The van der Waals surface area contributed by atoms with E-state index in [-0.39, 0.29) is 23.6 Å². The van der Waals surface area contributed by atoms with Crippen LogP contribution in [0.2, 0.25) is 0 Å². The van der Waals surface area contributed by atoms with Crippen molar-refractivity contribution >= 4 is 5.91 Å². The van der Waals surface area contributed by atoms with Crippen molar-refractivity contribution in [1.82, 2.24) is 15.1 Å². The highest BCUT2D eigenvalue weighted by Gasteiger charge is 2.26. The van der Waals surface area contributed by atoms with Crippen LogP contribution >= 0.6 is 0 Å². The summed E-state index contributed by atoms with van der Waals surface area (Å²) in [6.07, 6.45) is 1.71. The summed E-state index contributed by atoms with van der Waals surface area (Å²) in [7, 11) is 0. The Morgan fingerprint density at radius 1 is 0.824 bits per heavy atom. The second-order valence-corrected chi connectivity index (χ2v) is 8.56. The highest BCUT2D eigenvalue weighted by atomic mass is 16.1. The number of nitrogens with one attached hydrogen (secondary N) is 1. The number of benzene rings is 3. The monoisotopic (exact) mass is 450 g/mol. The van der Waals surface area contributed by atoms with Crippen LogP contribution in [-0.4, -0.2) is 41.9 Å². The molecular weight excluding hydrogens is 420 g/mol. The molecule has 172 valence electrons. The van der Waals surface area contributed by atoms with Gasteiger partial charge in [-0.3, -0.25) is 9.69 Å². The summed E-state index contributed by atoms with van der Waals surface area (Å²) in [6.45, 7) is 5.11. The lowest BCUT2D eigenvalue weighted by molar-refractivity contribution is -0.117. The fourth-order valence-corrected chi connectivity index (χ4v) is 4.43. The second kappa shape index (κ2) is 11.3. The van der Waals surface area contributed by atoms with Gasteiger partial charge in [-0.25, -0.2) is 0 Å². The van der Waals surface area contributed by atoms with Crippen molar-refractivity contribution in [2.45, 2.75) is 19.0 Å². The van der Waals surface area contributed by atoms with Crippen molar-refractivity contribution in [3.05, 3.63) is 119 Å². The molecule has 0 radical (unpaired) electrons. The van der Waals surface area contributed by atoms with Gasteiger partial charge in [-0.05, 0) is 23.6 Å². The fourth-order valence-electron chi connectivity index (χ4n) is 4.43. The molecule has 1 unspecified atom stereocenters. The molecule has 1 N–H and O–H groups in total. The minimum Gasteiger partial charge on any atom is -0.374 e. The molecule has 1 aliphatic rings. The molecule has 5 nitrogen and oxygen atoms in total. The van der Waals surface area contributed by atoms with E-state index in [9.17, 15) is 10.1 Å². The molecule has 1 aliphatic heterocycles. The van der Waals surface area contributed by atoms with E-state index in [1.54, 1.807) is 6.20 Å². The molecule has 1 heterocycles. The van der Waals surface area contributed by atoms with E-state index < -0.39 is 0 Å². The van der Waals surface area contributed by atoms with Gasteiger partial charge in [0.1, 0.15) is 11.6 Å². The van der Waals surface area contributed by atoms with Crippen LogP contribution in [0.4, 0.5) is 0 Å². The van der Waals surface area contributed by atoms with Crippen molar-refractivity contribution in [3.63, 3.8) is 0 Å². The minimum absolute atomic E-state index is 0.138. The highest BCUT2D eigenvalue weighted by molar-refractivity contribution is 5.97. The normalized spacial score (nSPS) is 15.6. The Bertz CT molecular complexity index is 1090. The number of carbonyl (C=O) groups is 1. The second-order valence-electron chi connectivity index (χ2n) is 8.56. The maximum absolute atomic E-state index is 12.7. The Balaban J connectivity index is 1.42. The van der Waals surface area contributed by atoms with E-state index in [1.165, 1.54) is 11.1 Å². The van der Waals surface area contributed by atoms with E-state index in [4.69, 9.17) is 0 Å². The SMILES string of the molecule is CC(NC(=O)/C(C#N)=C\N1CCN(C(c2ccccc2)c2ccccc2)CC1)c1ccccc1. The van der Waals surface area contributed by atoms with E-state index in [0.29, 0.717) is 0 Å². The maximum atomic E-state index is 12.7. The van der Waals surface area contributed by atoms with Crippen molar-refractivity contribution in [2.75, 3.05) is 26.2 Å². The molecule has 0 spiro atoms. The lowest BCUT2D eigenvalue weighted by atomic mass is 9.96. The Kier molecular flexibility index (Phi) is 7.75. The Labute approximate surface area is 201 Å². The Hall–Kier alpha value is -3.88. The van der Waals surface area contributed by atoms with Crippen LogP contribution in [0, 0.1) is 11.3 Å². The zero-order valence-electron chi connectivity index (χ0n) is 19.5. The first-order valence-corrected chi connectivity index (χ1v) is 11.7. The topological polar surface area (TPSA) is 59.4 Å². The standard InChI is InChI=1S/C29H30N4O/c1-23(24-11-5-2-6-12-24)31-29(34)27(21-30)22-32-17-19-33(20-18-32)28(25-13-7-3-8-14-25)26-15-9-4-10-16-26/h2-16,22-23,28H,17-20H2,1H3,(H,31,34)/b27-22-. The van der Waals surface area contributed by atoms with E-state index >= 15 is 0 Å². The first kappa shape index (κ1) is 23.3. The summed E-state index contributed by atoms with van der Waals surface area (Å²) in [5.41, 5.74) is 3.68. The Morgan fingerprint density at radius 2 is 1.29 bits per heavy atom. The number of hydrogen-bond donors (Lipinski definition) is 1. The summed E-state index contributed by atoms with van der Waals surface area (Å²) in [5.74, 6) is -0.340. The van der Waals surface area contributed by atoms with Crippen molar-refractivity contribution < 1.29 is 4.79 Å². The molecule has 0 saturated carbocycles. The van der Waals surface area contributed by atoms with Crippen molar-refractivity contribution in [3.8, 4) is 6.07 Å². The molecule has 4 rings (SSSR count). The summed E-state index contributed by atoms with van der Waals surface area (Å²) in [4.78, 5) is 17.3. The van der Waals surface area contributed by atoms with Crippen LogP contribution in [0.3, 0.4) is 0 Å². The van der Waals surface area contributed by atoms with Gasteiger partial charge in [0.15, 0.2) is 0 Å². The average molecular weight is 451 g/mol. The molecule has 5 heteroatoms. The van der Waals surface area contributed by atoms with Gasteiger partial charge in [0.05, 0.1) is 12.1 Å². The third-order valence-corrected chi connectivity index (χ3v) is 6.27. The van der Waals surface area contributed by atoms with Crippen LogP contribution in [-0.2, 0) is 4.79 Å². The highest BCUT2D eigenvalue weighted by Crippen LogP contribution is 2.29. The number of nitrogens with zero attached hydrogens (tertiary/aromatic N) is 3.